The van der Waals surface area contributed by atoms with Gasteiger partial charge in [0.2, 0.25) is 5.91 Å². The fraction of sp³-hybridized carbons (Fsp3) is 0.529. The van der Waals surface area contributed by atoms with Gasteiger partial charge in [-0.1, -0.05) is 0 Å². The minimum Gasteiger partial charge on any atom is -0.337 e. The molecule has 1 amide bonds. The molecule has 1 fully saturated rings. The van der Waals surface area contributed by atoms with E-state index in [2.05, 4.69) is 26.3 Å². The zero-order valence-electron chi connectivity index (χ0n) is 13.2. The summed E-state index contributed by atoms with van der Waals surface area (Å²) < 4.78 is 1.94. The van der Waals surface area contributed by atoms with Crippen LogP contribution in [0.15, 0.2) is 29.9 Å². The van der Waals surface area contributed by atoms with Crippen molar-refractivity contribution >= 4 is 17.2 Å². The molecule has 5 nitrogen and oxygen atoms in total. The molecule has 0 N–H and O–H groups in total. The van der Waals surface area contributed by atoms with E-state index in [-0.39, 0.29) is 5.91 Å². The summed E-state index contributed by atoms with van der Waals surface area (Å²) in [5.41, 5.74) is 1.41. The minimum atomic E-state index is 0.276. The highest BCUT2D eigenvalue weighted by atomic mass is 32.1. The lowest BCUT2D eigenvalue weighted by Gasteiger charge is -2.30. The number of likely N-dealkylation sites (tertiary alicyclic amines) is 1. The lowest BCUT2D eigenvalue weighted by Crippen LogP contribution is -2.45. The van der Waals surface area contributed by atoms with Crippen molar-refractivity contribution in [2.45, 2.75) is 38.4 Å². The molecular weight excluding hydrogens is 308 g/mol. The third-order valence-corrected chi connectivity index (χ3v) is 5.92. The molecule has 0 radical (unpaired) electrons. The number of hydrogen-bond donors (Lipinski definition) is 0. The van der Waals surface area contributed by atoms with Gasteiger partial charge in [0.15, 0.2) is 0 Å². The molecule has 0 spiro atoms. The van der Waals surface area contributed by atoms with Crippen LogP contribution in [-0.4, -0.2) is 51.2 Å². The fourth-order valence-corrected chi connectivity index (χ4v) is 4.59. The summed E-state index contributed by atoms with van der Waals surface area (Å²) in [5.74, 6) is 0.276. The average molecular weight is 330 g/mol. The summed E-state index contributed by atoms with van der Waals surface area (Å²) in [7, 11) is 0. The molecule has 6 heteroatoms. The Morgan fingerprint density at radius 1 is 1.39 bits per heavy atom. The SMILES string of the molecule is O=C(CN1CCc2sccc2C1)N1CCC[C@H]1Cn1cccn1. The Morgan fingerprint density at radius 2 is 2.35 bits per heavy atom. The Bertz CT molecular complexity index is 666. The number of carbonyl (C=O) groups excluding carboxylic acids is 1. The Labute approximate surface area is 140 Å². The predicted octanol–water partition coefficient (Wildman–Crippen LogP) is 1.99. The number of amides is 1. The van der Waals surface area contributed by atoms with Gasteiger partial charge in [-0.3, -0.25) is 14.4 Å². The first-order valence-corrected chi connectivity index (χ1v) is 9.22. The third kappa shape index (κ3) is 3.19. The van der Waals surface area contributed by atoms with Gasteiger partial charge in [-0.2, -0.15) is 5.10 Å². The van der Waals surface area contributed by atoms with E-state index in [1.165, 1.54) is 10.4 Å². The summed E-state index contributed by atoms with van der Waals surface area (Å²) in [5, 5.41) is 6.44. The fourth-order valence-electron chi connectivity index (χ4n) is 3.70. The van der Waals surface area contributed by atoms with Crippen molar-refractivity contribution in [3.63, 3.8) is 0 Å². The van der Waals surface area contributed by atoms with Crippen LogP contribution < -0.4 is 0 Å². The predicted molar refractivity (Wildman–Crippen MR) is 90.3 cm³/mol. The van der Waals surface area contributed by atoms with Crippen molar-refractivity contribution in [3.05, 3.63) is 40.3 Å². The van der Waals surface area contributed by atoms with Crippen molar-refractivity contribution in [1.29, 1.82) is 0 Å². The van der Waals surface area contributed by atoms with E-state index in [9.17, 15) is 4.79 Å². The van der Waals surface area contributed by atoms with Gasteiger partial charge >= 0.3 is 0 Å². The first kappa shape index (κ1) is 14.9. The van der Waals surface area contributed by atoms with Crippen LogP contribution in [0.4, 0.5) is 0 Å². The van der Waals surface area contributed by atoms with Crippen LogP contribution in [-0.2, 0) is 24.3 Å². The van der Waals surface area contributed by atoms with Gasteiger partial charge in [0, 0.05) is 36.9 Å². The van der Waals surface area contributed by atoms with Gasteiger partial charge in [-0.25, -0.2) is 0 Å². The molecule has 0 unspecified atom stereocenters. The second-order valence-electron chi connectivity index (χ2n) is 6.44. The molecule has 122 valence electrons. The summed E-state index contributed by atoms with van der Waals surface area (Å²) in [6.07, 6.45) is 7.04. The first-order chi connectivity index (χ1) is 11.3. The standard InChI is InChI=1S/C17H22N4OS/c22-17(13-19-9-4-16-14(11-19)5-10-23-16)21-8-1-3-15(21)12-20-7-2-6-18-20/h2,5-7,10,15H,1,3-4,8-9,11-13H2/t15-/m0/s1. The van der Waals surface area contributed by atoms with E-state index < -0.39 is 0 Å². The summed E-state index contributed by atoms with van der Waals surface area (Å²) in [4.78, 5) is 18.6. The van der Waals surface area contributed by atoms with Crippen LogP contribution in [0.3, 0.4) is 0 Å². The number of thiophene rings is 1. The van der Waals surface area contributed by atoms with E-state index in [1.807, 2.05) is 28.3 Å². The van der Waals surface area contributed by atoms with Crippen LogP contribution in [0.2, 0.25) is 0 Å². The number of rotatable bonds is 4. The molecule has 23 heavy (non-hydrogen) atoms. The first-order valence-electron chi connectivity index (χ1n) is 8.34. The van der Waals surface area contributed by atoms with Gasteiger partial charge in [0.1, 0.15) is 0 Å². The van der Waals surface area contributed by atoms with Crippen LogP contribution >= 0.6 is 11.3 Å². The van der Waals surface area contributed by atoms with Crippen LogP contribution in [0, 0.1) is 0 Å². The minimum absolute atomic E-state index is 0.276. The van der Waals surface area contributed by atoms with E-state index >= 15 is 0 Å². The maximum absolute atomic E-state index is 12.8. The zero-order valence-corrected chi connectivity index (χ0v) is 14.0. The summed E-state index contributed by atoms with van der Waals surface area (Å²) in [6, 6.07) is 4.43. The highest BCUT2D eigenvalue weighted by molar-refractivity contribution is 7.10. The largest absolute Gasteiger partial charge is 0.337 e. The smallest absolute Gasteiger partial charge is 0.237 e. The molecule has 0 saturated carbocycles. The Kier molecular flexibility index (Phi) is 4.18. The molecule has 1 atom stereocenters. The van der Waals surface area contributed by atoms with Crippen molar-refractivity contribution in [1.82, 2.24) is 19.6 Å². The monoisotopic (exact) mass is 330 g/mol. The van der Waals surface area contributed by atoms with Gasteiger partial charge in [-0.05, 0) is 42.3 Å². The molecule has 4 heterocycles. The second-order valence-corrected chi connectivity index (χ2v) is 7.44. The van der Waals surface area contributed by atoms with Crippen molar-refractivity contribution in [2.75, 3.05) is 19.6 Å². The van der Waals surface area contributed by atoms with E-state index in [4.69, 9.17) is 0 Å². The van der Waals surface area contributed by atoms with Crippen molar-refractivity contribution < 1.29 is 4.79 Å². The number of nitrogens with zero attached hydrogens (tertiary/aromatic N) is 4. The summed E-state index contributed by atoms with van der Waals surface area (Å²) >= 11 is 1.84. The molecule has 4 rings (SSSR count). The number of aromatic nitrogens is 2. The number of fused-ring (bicyclic) bond motifs is 1. The maximum Gasteiger partial charge on any atom is 0.237 e. The Morgan fingerprint density at radius 3 is 3.22 bits per heavy atom. The second kappa shape index (κ2) is 6.45. The van der Waals surface area contributed by atoms with Gasteiger partial charge in [0.25, 0.3) is 0 Å². The third-order valence-electron chi connectivity index (χ3n) is 4.90. The average Bonchev–Trinajstić information content (AvgIpc) is 3.28. The highest BCUT2D eigenvalue weighted by Gasteiger charge is 2.30. The highest BCUT2D eigenvalue weighted by Crippen LogP contribution is 2.25. The molecule has 2 aromatic heterocycles. The van der Waals surface area contributed by atoms with Crippen LogP contribution in [0.5, 0.6) is 0 Å². The molecular formula is C17H22N4OS. The van der Waals surface area contributed by atoms with Crippen molar-refractivity contribution in [2.24, 2.45) is 0 Å². The normalized spacial score (nSPS) is 21.6. The Balaban J connectivity index is 1.37. The Hall–Kier alpha value is -1.66. The van der Waals surface area contributed by atoms with Crippen molar-refractivity contribution in [3.8, 4) is 0 Å². The summed E-state index contributed by atoms with van der Waals surface area (Å²) in [6.45, 7) is 4.17. The molecule has 1 saturated heterocycles. The molecule has 0 bridgehead atoms. The molecule has 2 aliphatic heterocycles. The van der Waals surface area contributed by atoms with E-state index in [1.54, 1.807) is 6.20 Å². The molecule has 0 aromatic carbocycles. The van der Waals surface area contributed by atoms with Gasteiger partial charge in [-0.15, -0.1) is 11.3 Å². The van der Waals surface area contributed by atoms with Gasteiger partial charge in [0.05, 0.1) is 19.1 Å². The molecule has 2 aromatic rings. The van der Waals surface area contributed by atoms with Crippen LogP contribution in [0.1, 0.15) is 23.3 Å². The number of hydrogen-bond acceptors (Lipinski definition) is 4. The molecule has 0 aliphatic carbocycles. The molecule has 2 aliphatic rings. The van der Waals surface area contributed by atoms with Gasteiger partial charge < -0.3 is 4.90 Å². The number of carbonyl (C=O) groups is 1. The topological polar surface area (TPSA) is 41.4 Å². The van der Waals surface area contributed by atoms with Crippen LogP contribution in [0.25, 0.3) is 0 Å². The quantitative estimate of drug-likeness (QED) is 0.861. The van der Waals surface area contributed by atoms with E-state index in [0.29, 0.717) is 12.6 Å². The lowest BCUT2D eigenvalue weighted by atomic mass is 10.1. The van der Waals surface area contributed by atoms with E-state index in [0.717, 1.165) is 45.4 Å². The zero-order chi connectivity index (χ0) is 15.6. The maximum atomic E-state index is 12.8. The lowest BCUT2D eigenvalue weighted by molar-refractivity contribution is -0.133.